The molecule has 17 heavy (non-hydrogen) atoms. The Bertz CT molecular complexity index is 584. The molecule has 0 atom stereocenters. The first-order valence-corrected chi connectivity index (χ1v) is 6.08. The van der Waals surface area contributed by atoms with E-state index in [2.05, 4.69) is 36.0 Å². The Kier molecular flexibility index (Phi) is 2.37. The molecule has 0 amide bonds. The fraction of sp³-hybridized carbons (Fsp3) is 0.429. The molecule has 3 heteroatoms. The van der Waals surface area contributed by atoms with Crippen LogP contribution in [0.2, 0.25) is 0 Å². The molecule has 0 aliphatic carbocycles. The average molecular weight is 230 g/mol. The van der Waals surface area contributed by atoms with E-state index in [1.54, 1.807) is 7.11 Å². The van der Waals surface area contributed by atoms with E-state index in [0.29, 0.717) is 0 Å². The maximum Gasteiger partial charge on any atom is 0.143 e. The number of aromatic nitrogens is 1. The van der Waals surface area contributed by atoms with Gasteiger partial charge in [-0.05, 0) is 43.1 Å². The van der Waals surface area contributed by atoms with Crippen molar-refractivity contribution in [3.63, 3.8) is 0 Å². The maximum absolute atomic E-state index is 5.53. The fourth-order valence-corrected chi connectivity index (χ4v) is 2.89. The third-order valence-corrected chi connectivity index (χ3v) is 3.70. The molecule has 0 fully saturated rings. The Morgan fingerprint density at radius 3 is 2.94 bits per heavy atom. The number of ether oxygens (including phenoxy) is 1. The average Bonchev–Trinajstić information content (AvgIpc) is 2.63. The minimum Gasteiger partial charge on any atom is -0.495 e. The summed E-state index contributed by atoms with van der Waals surface area (Å²) in [5.74, 6) is 0.983. The predicted octanol–water partition coefficient (Wildman–Crippen LogP) is 2.14. The van der Waals surface area contributed by atoms with E-state index in [9.17, 15) is 0 Å². The molecule has 1 aliphatic rings. The van der Waals surface area contributed by atoms with E-state index in [-0.39, 0.29) is 0 Å². The van der Waals surface area contributed by atoms with Crippen molar-refractivity contribution in [2.24, 2.45) is 7.05 Å². The summed E-state index contributed by atoms with van der Waals surface area (Å²) in [7, 11) is 3.88. The van der Waals surface area contributed by atoms with Gasteiger partial charge in [0.2, 0.25) is 0 Å². The number of rotatable bonds is 1. The highest BCUT2D eigenvalue weighted by atomic mass is 16.5. The van der Waals surface area contributed by atoms with Gasteiger partial charge in [0.1, 0.15) is 5.75 Å². The molecule has 0 unspecified atom stereocenters. The first-order valence-electron chi connectivity index (χ1n) is 6.08. The Hall–Kier alpha value is -1.48. The first kappa shape index (κ1) is 10.7. The van der Waals surface area contributed by atoms with E-state index < -0.39 is 0 Å². The van der Waals surface area contributed by atoms with Gasteiger partial charge in [-0.15, -0.1) is 0 Å². The summed E-state index contributed by atoms with van der Waals surface area (Å²) < 4.78 is 7.80. The lowest BCUT2D eigenvalue weighted by Gasteiger charge is -2.14. The lowest BCUT2D eigenvalue weighted by atomic mass is 10.0. The number of hydrogen-bond acceptors (Lipinski definition) is 2. The number of aryl methyl sites for hydroxylation is 2. The molecule has 90 valence electrons. The summed E-state index contributed by atoms with van der Waals surface area (Å²) in [4.78, 5) is 0. The van der Waals surface area contributed by atoms with Gasteiger partial charge in [-0.1, -0.05) is 0 Å². The van der Waals surface area contributed by atoms with Crippen LogP contribution in [-0.4, -0.2) is 18.2 Å². The lowest BCUT2D eigenvalue weighted by molar-refractivity contribution is 0.417. The molecule has 3 nitrogen and oxygen atoms in total. The van der Waals surface area contributed by atoms with Gasteiger partial charge in [0, 0.05) is 24.7 Å². The molecule has 0 saturated heterocycles. The van der Waals surface area contributed by atoms with Crippen LogP contribution in [0.4, 0.5) is 0 Å². The zero-order valence-electron chi connectivity index (χ0n) is 10.6. The molecule has 2 aromatic rings. The van der Waals surface area contributed by atoms with Crippen molar-refractivity contribution < 1.29 is 4.74 Å². The van der Waals surface area contributed by atoms with Crippen LogP contribution >= 0.6 is 0 Å². The lowest BCUT2D eigenvalue weighted by Crippen LogP contribution is -2.24. The summed E-state index contributed by atoms with van der Waals surface area (Å²) in [6.07, 6.45) is 1.11. The fourth-order valence-electron chi connectivity index (χ4n) is 2.89. The normalized spacial score (nSPS) is 15.0. The van der Waals surface area contributed by atoms with Crippen molar-refractivity contribution in [3.8, 4) is 5.75 Å². The number of nitrogens with zero attached hydrogens (tertiary/aromatic N) is 1. The van der Waals surface area contributed by atoms with Gasteiger partial charge in [0.05, 0.1) is 12.6 Å². The minimum absolute atomic E-state index is 0.961. The smallest absolute Gasteiger partial charge is 0.143 e. The summed E-state index contributed by atoms with van der Waals surface area (Å²) in [6.45, 7) is 4.16. The topological polar surface area (TPSA) is 26.2 Å². The predicted molar refractivity (Wildman–Crippen MR) is 69.6 cm³/mol. The first-order chi connectivity index (χ1) is 8.22. The third kappa shape index (κ3) is 1.46. The van der Waals surface area contributed by atoms with Crippen LogP contribution < -0.4 is 10.1 Å². The number of nitrogens with one attached hydrogen (secondary N) is 1. The van der Waals surface area contributed by atoms with Gasteiger partial charge in [0.25, 0.3) is 0 Å². The SMILES string of the molecule is COc1cc(C)cc2c3c(n(C)c12)CNCC3. The second kappa shape index (κ2) is 3.77. The second-order valence-electron chi connectivity index (χ2n) is 4.77. The van der Waals surface area contributed by atoms with Crippen molar-refractivity contribution in [3.05, 3.63) is 29.0 Å². The highest BCUT2D eigenvalue weighted by Crippen LogP contribution is 2.34. The van der Waals surface area contributed by atoms with E-state index in [1.807, 2.05) is 0 Å². The van der Waals surface area contributed by atoms with E-state index in [0.717, 1.165) is 25.3 Å². The van der Waals surface area contributed by atoms with Gasteiger partial charge >= 0.3 is 0 Å². The monoisotopic (exact) mass is 230 g/mol. The number of fused-ring (bicyclic) bond motifs is 3. The largest absolute Gasteiger partial charge is 0.495 e. The highest BCUT2D eigenvalue weighted by molar-refractivity contribution is 5.91. The minimum atomic E-state index is 0.961. The summed E-state index contributed by atoms with van der Waals surface area (Å²) in [5.41, 5.74) is 5.38. The molecule has 2 heterocycles. The van der Waals surface area contributed by atoms with Crippen LogP contribution in [0.15, 0.2) is 12.1 Å². The van der Waals surface area contributed by atoms with E-state index in [1.165, 1.54) is 27.7 Å². The molecule has 3 rings (SSSR count). The van der Waals surface area contributed by atoms with Crippen molar-refractivity contribution >= 4 is 10.9 Å². The molecule has 0 saturated carbocycles. The van der Waals surface area contributed by atoms with Crippen LogP contribution in [0.3, 0.4) is 0 Å². The standard InChI is InChI=1S/C14H18N2O/c1-9-6-11-10-4-5-15-8-12(10)16(2)14(11)13(7-9)17-3/h6-7,15H,4-5,8H2,1-3H3. The summed E-state index contributed by atoms with van der Waals surface area (Å²) >= 11 is 0. The second-order valence-corrected chi connectivity index (χ2v) is 4.77. The molecule has 1 aromatic heterocycles. The Morgan fingerprint density at radius 2 is 2.18 bits per heavy atom. The zero-order chi connectivity index (χ0) is 12.0. The van der Waals surface area contributed by atoms with Gasteiger partial charge in [-0.25, -0.2) is 0 Å². The van der Waals surface area contributed by atoms with Crippen LogP contribution in [0.1, 0.15) is 16.8 Å². The highest BCUT2D eigenvalue weighted by Gasteiger charge is 2.20. The quantitative estimate of drug-likeness (QED) is 0.812. The summed E-state index contributed by atoms with van der Waals surface area (Å²) in [5, 5.41) is 4.80. The number of methoxy groups -OCH3 is 1. The molecular formula is C14H18N2O. The zero-order valence-corrected chi connectivity index (χ0v) is 10.6. The van der Waals surface area contributed by atoms with Crippen molar-refractivity contribution in [1.82, 2.24) is 9.88 Å². The molecule has 0 bridgehead atoms. The molecule has 1 aromatic carbocycles. The van der Waals surface area contributed by atoms with Crippen LogP contribution in [0.25, 0.3) is 10.9 Å². The van der Waals surface area contributed by atoms with Crippen LogP contribution in [-0.2, 0) is 20.0 Å². The Labute approximate surface area is 101 Å². The number of hydrogen-bond donors (Lipinski definition) is 1. The van der Waals surface area contributed by atoms with Crippen molar-refractivity contribution in [2.75, 3.05) is 13.7 Å². The molecule has 0 spiro atoms. The van der Waals surface area contributed by atoms with Gasteiger partial charge in [-0.3, -0.25) is 0 Å². The van der Waals surface area contributed by atoms with Crippen LogP contribution in [0, 0.1) is 6.92 Å². The molecule has 0 radical (unpaired) electrons. The van der Waals surface area contributed by atoms with Gasteiger partial charge in [0.15, 0.2) is 0 Å². The summed E-state index contributed by atoms with van der Waals surface area (Å²) in [6, 6.07) is 4.39. The number of benzene rings is 1. The van der Waals surface area contributed by atoms with Gasteiger partial charge in [-0.2, -0.15) is 0 Å². The molecule has 1 aliphatic heterocycles. The van der Waals surface area contributed by atoms with Crippen molar-refractivity contribution in [2.45, 2.75) is 19.9 Å². The molecule has 1 N–H and O–H groups in total. The van der Waals surface area contributed by atoms with Gasteiger partial charge < -0.3 is 14.6 Å². The van der Waals surface area contributed by atoms with Crippen molar-refractivity contribution in [1.29, 1.82) is 0 Å². The van der Waals surface area contributed by atoms with E-state index >= 15 is 0 Å². The van der Waals surface area contributed by atoms with Crippen LogP contribution in [0.5, 0.6) is 5.75 Å². The maximum atomic E-state index is 5.53. The Balaban J connectivity index is 2.41. The Morgan fingerprint density at radius 1 is 1.35 bits per heavy atom. The van der Waals surface area contributed by atoms with E-state index in [4.69, 9.17) is 4.74 Å². The third-order valence-electron chi connectivity index (χ3n) is 3.70. The molecular weight excluding hydrogens is 212 g/mol.